The first-order valence-corrected chi connectivity index (χ1v) is 8.97. The third-order valence-corrected chi connectivity index (χ3v) is 4.75. The summed E-state index contributed by atoms with van der Waals surface area (Å²) in [5, 5.41) is 3.46. The highest BCUT2D eigenvalue weighted by molar-refractivity contribution is 7.98. The molecule has 0 spiro atoms. The fourth-order valence-electron chi connectivity index (χ4n) is 2.79. The Morgan fingerprint density at radius 1 is 1.32 bits per heavy atom. The van der Waals surface area contributed by atoms with Crippen LogP contribution >= 0.6 is 11.8 Å². The van der Waals surface area contributed by atoms with Gasteiger partial charge in [0.05, 0.1) is 0 Å². The fraction of sp³-hybridized carbons (Fsp3) is 0.933. The van der Waals surface area contributed by atoms with Crippen molar-refractivity contribution in [2.75, 3.05) is 39.2 Å². The summed E-state index contributed by atoms with van der Waals surface area (Å²) >= 11 is 1.90. The summed E-state index contributed by atoms with van der Waals surface area (Å²) in [5.74, 6) is 4.06. The van der Waals surface area contributed by atoms with E-state index in [0.717, 1.165) is 30.9 Å². The Morgan fingerprint density at radius 3 is 2.58 bits per heavy atom. The zero-order valence-corrected chi connectivity index (χ0v) is 13.9. The molecule has 112 valence electrons. The molecule has 0 heterocycles. The third-order valence-electron chi connectivity index (χ3n) is 4.05. The lowest BCUT2D eigenvalue weighted by molar-refractivity contribution is 0.250. The van der Waals surface area contributed by atoms with Crippen LogP contribution in [-0.4, -0.2) is 50.1 Å². The van der Waals surface area contributed by atoms with Crippen molar-refractivity contribution in [1.82, 2.24) is 10.2 Å². The molecule has 1 aliphatic carbocycles. The maximum atomic E-state index is 4.39. The van der Waals surface area contributed by atoms with Crippen LogP contribution in [0.1, 0.15) is 39.0 Å². The Kier molecular flexibility index (Phi) is 8.35. The molecule has 1 aliphatic rings. The lowest BCUT2D eigenvalue weighted by atomic mass is 9.83. The molecule has 0 aliphatic heterocycles. The van der Waals surface area contributed by atoms with Gasteiger partial charge < -0.3 is 10.2 Å². The molecule has 1 rings (SSSR count). The molecule has 0 atom stereocenters. The normalized spacial score (nSPS) is 24.3. The standard InChI is InChI=1S/C15H31N3S/c1-13-6-8-14(9-7-13)12-18(3)15(16-2)17-10-5-11-19-4/h13-14H,5-12H2,1-4H3,(H,16,17). The zero-order chi connectivity index (χ0) is 14.1. The van der Waals surface area contributed by atoms with Crippen molar-refractivity contribution in [1.29, 1.82) is 0 Å². The van der Waals surface area contributed by atoms with Crippen LogP contribution in [0.4, 0.5) is 0 Å². The molecule has 3 nitrogen and oxygen atoms in total. The second kappa shape index (κ2) is 9.51. The van der Waals surface area contributed by atoms with Crippen LogP contribution in [0.3, 0.4) is 0 Å². The van der Waals surface area contributed by atoms with E-state index in [9.17, 15) is 0 Å². The first-order valence-electron chi connectivity index (χ1n) is 7.58. The zero-order valence-electron chi connectivity index (χ0n) is 13.1. The maximum Gasteiger partial charge on any atom is 0.193 e. The Bertz CT molecular complexity index is 260. The Balaban J connectivity index is 2.27. The van der Waals surface area contributed by atoms with Gasteiger partial charge in [0.25, 0.3) is 0 Å². The van der Waals surface area contributed by atoms with Gasteiger partial charge in [-0.2, -0.15) is 11.8 Å². The Labute approximate surface area is 123 Å². The van der Waals surface area contributed by atoms with Crippen LogP contribution in [0.15, 0.2) is 4.99 Å². The number of guanidine groups is 1. The molecule has 0 saturated heterocycles. The summed E-state index contributed by atoms with van der Waals surface area (Å²) in [6.07, 6.45) is 8.93. The minimum atomic E-state index is 0.853. The van der Waals surface area contributed by atoms with Crippen molar-refractivity contribution in [3.8, 4) is 0 Å². The second-order valence-corrected chi connectivity index (χ2v) is 6.81. The van der Waals surface area contributed by atoms with Gasteiger partial charge >= 0.3 is 0 Å². The Hall–Kier alpha value is -0.380. The number of nitrogens with one attached hydrogen (secondary N) is 1. The highest BCUT2D eigenvalue weighted by Crippen LogP contribution is 2.28. The van der Waals surface area contributed by atoms with Crippen LogP contribution in [0.25, 0.3) is 0 Å². The highest BCUT2D eigenvalue weighted by atomic mass is 32.2. The lowest BCUT2D eigenvalue weighted by Gasteiger charge is -2.31. The van der Waals surface area contributed by atoms with E-state index in [1.807, 2.05) is 18.8 Å². The van der Waals surface area contributed by atoms with Gasteiger partial charge in [0.15, 0.2) is 5.96 Å². The van der Waals surface area contributed by atoms with Gasteiger partial charge in [-0.15, -0.1) is 0 Å². The minimum absolute atomic E-state index is 0.853. The molecular weight excluding hydrogens is 254 g/mol. The van der Waals surface area contributed by atoms with E-state index in [4.69, 9.17) is 0 Å². The van der Waals surface area contributed by atoms with Crippen molar-refractivity contribution in [2.24, 2.45) is 16.8 Å². The number of aliphatic imine (C=N–C) groups is 1. The minimum Gasteiger partial charge on any atom is -0.356 e. The van der Waals surface area contributed by atoms with Gasteiger partial charge in [0, 0.05) is 27.2 Å². The average molecular weight is 286 g/mol. The van der Waals surface area contributed by atoms with Crippen molar-refractivity contribution in [2.45, 2.75) is 39.0 Å². The molecule has 1 fully saturated rings. The summed E-state index contributed by atoms with van der Waals surface area (Å²) in [6, 6.07) is 0. The van der Waals surface area contributed by atoms with Crippen LogP contribution in [-0.2, 0) is 0 Å². The van der Waals surface area contributed by atoms with E-state index in [1.165, 1.54) is 37.9 Å². The predicted molar refractivity (Wildman–Crippen MR) is 88.1 cm³/mol. The van der Waals surface area contributed by atoms with Crippen LogP contribution in [0, 0.1) is 11.8 Å². The number of hydrogen-bond donors (Lipinski definition) is 1. The average Bonchev–Trinajstić information content (AvgIpc) is 2.41. The molecule has 0 radical (unpaired) electrons. The van der Waals surface area contributed by atoms with Gasteiger partial charge in [0.2, 0.25) is 0 Å². The van der Waals surface area contributed by atoms with Gasteiger partial charge in [-0.05, 0) is 43.1 Å². The number of nitrogens with zero attached hydrogens (tertiary/aromatic N) is 2. The predicted octanol–water partition coefficient (Wildman–Crippen LogP) is 3.07. The van der Waals surface area contributed by atoms with Crippen LogP contribution in [0.5, 0.6) is 0 Å². The SMILES string of the molecule is CN=C(NCCCSC)N(C)CC1CCC(C)CC1. The summed E-state index contributed by atoms with van der Waals surface area (Å²) in [6.45, 7) is 4.56. The molecule has 19 heavy (non-hydrogen) atoms. The molecule has 1 saturated carbocycles. The smallest absolute Gasteiger partial charge is 0.193 e. The van der Waals surface area contributed by atoms with E-state index in [1.54, 1.807) is 0 Å². The molecular formula is C15H31N3S. The van der Waals surface area contributed by atoms with Crippen LogP contribution in [0.2, 0.25) is 0 Å². The molecule has 0 amide bonds. The Morgan fingerprint density at radius 2 is 2.00 bits per heavy atom. The largest absolute Gasteiger partial charge is 0.356 e. The summed E-state index contributed by atoms with van der Waals surface area (Å²) < 4.78 is 0. The maximum absolute atomic E-state index is 4.39. The molecule has 0 bridgehead atoms. The van der Waals surface area contributed by atoms with Gasteiger partial charge in [-0.3, -0.25) is 4.99 Å². The lowest BCUT2D eigenvalue weighted by Crippen LogP contribution is -2.42. The first-order chi connectivity index (χ1) is 9.17. The van der Waals surface area contributed by atoms with Crippen molar-refractivity contribution >= 4 is 17.7 Å². The molecule has 0 aromatic carbocycles. The summed E-state index contributed by atoms with van der Waals surface area (Å²) in [4.78, 5) is 6.70. The quantitative estimate of drug-likeness (QED) is 0.462. The van der Waals surface area contributed by atoms with E-state index in [-0.39, 0.29) is 0 Å². The van der Waals surface area contributed by atoms with Crippen LogP contribution < -0.4 is 5.32 Å². The van der Waals surface area contributed by atoms with E-state index >= 15 is 0 Å². The van der Waals surface area contributed by atoms with Crippen molar-refractivity contribution in [3.63, 3.8) is 0 Å². The van der Waals surface area contributed by atoms with E-state index in [2.05, 4.69) is 35.4 Å². The molecule has 4 heteroatoms. The van der Waals surface area contributed by atoms with E-state index in [0.29, 0.717) is 0 Å². The first kappa shape index (κ1) is 16.7. The topological polar surface area (TPSA) is 27.6 Å². The van der Waals surface area contributed by atoms with Gasteiger partial charge in [-0.25, -0.2) is 0 Å². The number of hydrogen-bond acceptors (Lipinski definition) is 2. The molecule has 0 aromatic rings. The van der Waals surface area contributed by atoms with E-state index < -0.39 is 0 Å². The summed E-state index contributed by atoms with van der Waals surface area (Å²) in [7, 11) is 4.05. The number of thioether (sulfide) groups is 1. The third kappa shape index (κ3) is 6.55. The fourth-order valence-corrected chi connectivity index (χ4v) is 3.22. The molecule has 1 N–H and O–H groups in total. The molecule has 0 aromatic heterocycles. The monoisotopic (exact) mass is 285 g/mol. The van der Waals surface area contributed by atoms with Gasteiger partial charge in [-0.1, -0.05) is 19.8 Å². The number of rotatable bonds is 6. The second-order valence-electron chi connectivity index (χ2n) is 5.83. The van der Waals surface area contributed by atoms with Crippen molar-refractivity contribution < 1.29 is 0 Å². The van der Waals surface area contributed by atoms with Crippen molar-refractivity contribution in [3.05, 3.63) is 0 Å². The van der Waals surface area contributed by atoms with Gasteiger partial charge in [0.1, 0.15) is 0 Å². The highest BCUT2D eigenvalue weighted by Gasteiger charge is 2.20. The molecule has 0 unspecified atom stereocenters. The summed E-state index contributed by atoms with van der Waals surface area (Å²) in [5.41, 5.74) is 0.